The van der Waals surface area contributed by atoms with Crippen LogP contribution in [-0.4, -0.2) is 47.6 Å². The van der Waals surface area contributed by atoms with Gasteiger partial charge in [-0.2, -0.15) is 0 Å². The van der Waals surface area contributed by atoms with Crippen molar-refractivity contribution >= 4 is 11.8 Å². The summed E-state index contributed by atoms with van der Waals surface area (Å²) in [6.07, 6.45) is 16.6. The van der Waals surface area contributed by atoms with Crippen molar-refractivity contribution in [3.8, 4) is 0 Å². The summed E-state index contributed by atoms with van der Waals surface area (Å²) in [5.41, 5.74) is -0.442. The van der Waals surface area contributed by atoms with E-state index in [0.717, 1.165) is 38.5 Å². The standard InChI is InChI=1S/C32H46O6/c1-4-10-27(35)36-19-25(34)32-26(37-29(38-32)20-11-6-5-7-12-20)17-23-22-15-14-21-13-8-9-16-30(21,2)28(22)24(33)18-31(23,32)3/h9,13,16,20,22-24,26,28-29,33H,4-8,10-12,14-15,17-19H2,1-3H3/t22-,23-,24-,26+,28+,29?,30-,31-,32+/m0/s1. The molecule has 0 bridgehead atoms. The van der Waals surface area contributed by atoms with E-state index in [-0.39, 0.29) is 47.6 Å². The Balaban J connectivity index is 1.34. The van der Waals surface area contributed by atoms with E-state index in [0.29, 0.717) is 25.2 Å². The van der Waals surface area contributed by atoms with Gasteiger partial charge in [0, 0.05) is 29.1 Å². The van der Waals surface area contributed by atoms with E-state index < -0.39 is 23.4 Å². The van der Waals surface area contributed by atoms with Crippen LogP contribution in [0.25, 0.3) is 0 Å². The topological polar surface area (TPSA) is 82.1 Å². The van der Waals surface area contributed by atoms with Crippen LogP contribution in [0.15, 0.2) is 23.8 Å². The summed E-state index contributed by atoms with van der Waals surface area (Å²) in [5, 5.41) is 11.9. The van der Waals surface area contributed by atoms with Crippen LogP contribution in [0.4, 0.5) is 0 Å². The highest BCUT2D eigenvalue weighted by Gasteiger charge is 2.76. The van der Waals surface area contributed by atoms with Crippen molar-refractivity contribution < 1.29 is 28.9 Å². The number of aliphatic hydroxyl groups excluding tert-OH is 1. The number of ether oxygens (including phenoxy) is 3. The first-order valence-electron chi connectivity index (χ1n) is 15.3. The number of Topliss-reactive ketones (excluding diaryl/α,β-unsaturated/α-hetero) is 1. The molecule has 6 aliphatic rings. The second-order valence-electron chi connectivity index (χ2n) is 13.5. The average molecular weight is 527 g/mol. The first-order valence-corrected chi connectivity index (χ1v) is 15.3. The van der Waals surface area contributed by atoms with Gasteiger partial charge in [0.1, 0.15) is 0 Å². The van der Waals surface area contributed by atoms with E-state index in [9.17, 15) is 14.7 Å². The molecule has 1 saturated heterocycles. The molecule has 1 unspecified atom stereocenters. The summed E-state index contributed by atoms with van der Waals surface area (Å²) in [5.74, 6) is 0.382. The van der Waals surface area contributed by atoms with Crippen molar-refractivity contribution in [3.63, 3.8) is 0 Å². The molecule has 0 radical (unpaired) electrons. The van der Waals surface area contributed by atoms with Crippen LogP contribution in [0.2, 0.25) is 0 Å². The van der Waals surface area contributed by atoms with Crippen LogP contribution < -0.4 is 0 Å². The van der Waals surface area contributed by atoms with Gasteiger partial charge in [0.25, 0.3) is 0 Å². The maximum atomic E-state index is 14.2. The summed E-state index contributed by atoms with van der Waals surface area (Å²) in [6, 6.07) is 0. The van der Waals surface area contributed by atoms with E-state index in [2.05, 4.69) is 32.1 Å². The zero-order chi connectivity index (χ0) is 26.7. The maximum absolute atomic E-state index is 14.2. The Labute approximate surface area is 227 Å². The number of fused-ring (bicyclic) bond motifs is 7. The smallest absolute Gasteiger partial charge is 0.306 e. The molecule has 0 aromatic carbocycles. The molecule has 6 rings (SSSR count). The fourth-order valence-electron chi connectivity index (χ4n) is 9.88. The highest BCUT2D eigenvalue weighted by molar-refractivity contribution is 5.92. The third-order valence-electron chi connectivity index (χ3n) is 11.6. The second-order valence-corrected chi connectivity index (χ2v) is 13.5. The molecule has 0 spiro atoms. The minimum atomic E-state index is -1.18. The van der Waals surface area contributed by atoms with Gasteiger partial charge in [-0.25, -0.2) is 0 Å². The van der Waals surface area contributed by atoms with Crippen LogP contribution in [0.1, 0.15) is 97.8 Å². The minimum absolute atomic E-state index is 0.125. The Morgan fingerprint density at radius 3 is 2.71 bits per heavy atom. The molecule has 1 heterocycles. The van der Waals surface area contributed by atoms with Gasteiger partial charge in [-0.1, -0.05) is 63.8 Å². The number of carbonyl (C=O) groups is 2. The van der Waals surface area contributed by atoms with Gasteiger partial charge in [-0.3, -0.25) is 9.59 Å². The minimum Gasteiger partial charge on any atom is -0.458 e. The van der Waals surface area contributed by atoms with Crippen molar-refractivity contribution in [2.45, 2.75) is 122 Å². The average Bonchev–Trinajstić information content (AvgIpc) is 3.40. The highest BCUT2D eigenvalue weighted by atomic mass is 16.7. The van der Waals surface area contributed by atoms with Gasteiger partial charge in [0.05, 0.1) is 12.2 Å². The molecule has 38 heavy (non-hydrogen) atoms. The fraction of sp³-hybridized carbons (Fsp3) is 0.812. The number of aliphatic hydroxyl groups is 1. The summed E-state index contributed by atoms with van der Waals surface area (Å²) in [4.78, 5) is 26.5. The highest BCUT2D eigenvalue weighted by Crippen LogP contribution is 2.70. The SMILES string of the molecule is CCCC(=O)OCC(=O)[C@@]12OC(C3CCCCC3)O[C@@H]1C[C@H]1[C@@H]3CCC4=CCC=C[C@]4(C)[C@H]3[C@@H](O)C[C@@]12C. The first-order chi connectivity index (χ1) is 18.2. The number of hydrogen-bond donors (Lipinski definition) is 1. The van der Waals surface area contributed by atoms with Crippen molar-refractivity contribution in [2.75, 3.05) is 6.61 Å². The normalized spacial score (nSPS) is 45.9. The van der Waals surface area contributed by atoms with Gasteiger partial charge in [0.2, 0.25) is 5.78 Å². The van der Waals surface area contributed by atoms with Crippen LogP contribution >= 0.6 is 0 Å². The van der Waals surface area contributed by atoms with Gasteiger partial charge in [-0.05, 0) is 63.2 Å². The lowest BCUT2D eigenvalue weighted by Crippen LogP contribution is -2.63. The molecular formula is C32H46O6. The third kappa shape index (κ3) is 3.83. The molecule has 1 aliphatic heterocycles. The van der Waals surface area contributed by atoms with Gasteiger partial charge < -0.3 is 19.3 Å². The molecule has 5 fully saturated rings. The first kappa shape index (κ1) is 26.7. The lowest BCUT2D eigenvalue weighted by molar-refractivity contribution is -0.210. The largest absolute Gasteiger partial charge is 0.458 e. The van der Waals surface area contributed by atoms with Gasteiger partial charge >= 0.3 is 5.97 Å². The zero-order valence-corrected chi connectivity index (χ0v) is 23.5. The predicted octanol–water partition coefficient (Wildman–Crippen LogP) is 5.67. The summed E-state index contributed by atoms with van der Waals surface area (Å²) < 4.78 is 19.1. The Bertz CT molecular complexity index is 1010. The van der Waals surface area contributed by atoms with E-state index in [1.165, 1.54) is 24.8 Å². The van der Waals surface area contributed by atoms with E-state index in [4.69, 9.17) is 14.2 Å². The Kier molecular flexibility index (Phi) is 6.92. The van der Waals surface area contributed by atoms with Crippen molar-refractivity contribution in [3.05, 3.63) is 23.8 Å². The Morgan fingerprint density at radius 2 is 1.95 bits per heavy atom. The molecule has 0 amide bonds. The molecule has 0 aromatic heterocycles. The number of allylic oxidation sites excluding steroid dienone is 4. The second kappa shape index (κ2) is 9.85. The van der Waals surface area contributed by atoms with E-state index in [1.54, 1.807) is 0 Å². The summed E-state index contributed by atoms with van der Waals surface area (Å²) >= 11 is 0. The monoisotopic (exact) mass is 526 g/mol. The van der Waals surface area contributed by atoms with Crippen molar-refractivity contribution in [1.82, 2.24) is 0 Å². The fourth-order valence-corrected chi connectivity index (χ4v) is 9.88. The molecule has 1 N–H and O–H groups in total. The van der Waals surface area contributed by atoms with Crippen LogP contribution in [0.3, 0.4) is 0 Å². The molecule has 5 aliphatic carbocycles. The van der Waals surface area contributed by atoms with Crippen LogP contribution in [0, 0.1) is 34.5 Å². The quantitative estimate of drug-likeness (QED) is 0.355. The molecular weight excluding hydrogens is 480 g/mol. The Morgan fingerprint density at radius 1 is 1.16 bits per heavy atom. The third-order valence-corrected chi connectivity index (χ3v) is 11.6. The van der Waals surface area contributed by atoms with Gasteiger partial charge in [0.15, 0.2) is 18.5 Å². The number of esters is 1. The maximum Gasteiger partial charge on any atom is 0.306 e. The molecule has 6 heteroatoms. The molecule has 9 atom stereocenters. The number of hydrogen-bond acceptors (Lipinski definition) is 6. The zero-order valence-electron chi connectivity index (χ0n) is 23.5. The number of rotatable bonds is 6. The summed E-state index contributed by atoms with van der Waals surface area (Å²) in [6.45, 7) is 6.11. The number of ketones is 1. The molecule has 6 nitrogen and oxygen atoms in total. The molecule has 0 aromatic rings. The van der Waals surface area contributed by atoms with Gasteiger partial charge in [-0.15, -0.1) is 0 Å². The van der Waals surface area contributed by atoms with E-state index >= 15 is 0 Å². The van der Waals surface area contributed by atoms with Crippen molar-refractivity contribution in [2.24, 2.45) is 34.5 Å². The Hall–Kier alpha value is -1.50. The lowest BCUT2D eigenvalue weighted by Gasteiger charge is -2.60. The predicted molar refractivity (Wildman–Crippen MR) is 143 cm³/mol. The number of carbonyl (C=O) groups excluding carboxylic acids is 2. The summed E-state index contributed by atoms with van der Waals surface area (Å²) in [7, 11) is 0. The lowest BCUT2D eigenvalue weighted by atomic mass is 9.46. The molecule has 4 saturated carbocycles. The molecule has 210 valence electrons. The van der Waals surface area contributed by atoms with Crippen LogP contribution in [-0.2, 0) is 23.8 Å². The van der Waals surface area contributed by atoms with E-state index in [1.807, 2.05) is 6.92 Å². The van der Waals surface area contributed by atoms with Crippen LogP contribution in [0.5, 0.6) is 0 Å². The van der Waals surface area contributed by atoms with Crippen molar-refractivity contribution in [1.29, 1.82) is 0 Å².